The number of halogens is 1. The van der Waals surface area contributed by atoms with Gasteiger partial charge < -0.3 is 30.9 Å². The van der Waals surface area contributed by atoms with Crippen LogP contribution in [0.25, 0.3) is 0 Å². The van der Waals surface area contributed by atoms with Crippen molar-refractivity contribution in [3.63, 3.8) is 0 Å². The van der Waals surface area contributed by atoms with Gasteiger partial charge in [-0.2, -0.15) is 4.98 Å². The molecule has 0 atom stereocenters. The minimum Gasteiger partial charge on any atom is -0.494 e. The van der Waals surface area contributed by atoms with Crippen LogP contribution in [0.4, 0.5) is 28.8 Å². The van der Waals surface area contributed by atoms with Gasteiger partial charge in [0.15, 0.2) is 5.82 Å². The Morgan fingerprint density at radius 3 is 2.49 bits per heavy atom. The number of carbonyl (C=O) groups excluding carboxylic acids is 2. The smallest absolute Gasteiger partial charge is 0.253 e. The molecule has 0 bridgehead atoms. The number of aromatic nitrogens is 2. The monoisotopic (exact) mass is 690 g/mol. The van der Waals surface area contributed by atoms with E-state index in [9.17, 15) is 9.59 Å². The molecular weight excluding hydrogens is 640 g/mol. The van der Waals surface area contributed by atoms with E-state index in [4.69, 9.17) is 16.3 Å². The predicted octanol–water partition coefficient (Wildman–Crippen LogP) is 6.75. The van der Waals surface area contributed by atoms with E-state index in [0.717, 1.165) is 69.9 Å². The van der Waals surface area contributed by atoms with Crippen molar-refractivity contribution in [1.29, 1.82) is 0 Å². The van der Waals surface area contributed by atoms with E-state index in [0.29, 0.717) is 39.7 Å². The van der Waals surface area contributed by atoms with Crippen LogP contribution in [0, 0.1) is 5.92 Å². The lowest BCUT2D eigenvalue weighted by Gasteiger charge is -2.36. The van der Waals surface area contributed by atoms with Crippen LogP contribution in [-0.4, -0.2) is 80.1 Å². The maximum absolute atomic E-state index is 12.3. The molecule has 4 N–H and O–H groups in total. The minimum absolute atomic E-state index is 0.216. The number of unbranched alkanes of at least 4 members (excludes halogenated alkanes) is 3. The first kappa shape index (κ1) is 36.2. The minimum atomic E-state index is -0.216. The molecule has 0 unspecified atom stereocenters. The zero-order valence-corrected chi connectivity index (χ0v) is 29.7. The Balaban J connectivity index is 1.05. The first-order chi connectivity index (χ1) is 23.9. The molecule has 1 aliphatic carbocycles. The molecule has 5 rings (SSSR count). The van der Waals surface area contributed by atoms with Crippen molar-refractivity contribution >= 4 is 52.2 Å². The second kappa shape index (κ2) is 18.6. The number of nitrogens with zero attached hydrogens (tertiary/aromatic N) is 4. The highest BCUT2D eigenvalue weighted by Gasteiger charge is 2.20. The first-order valence-electron chi connectivity index (χ1n) is 17.7. The molecule has 2 fully saturated rings. The number of hydrogen-bond donors (Lipinski definition) is 4. The number of carbonyl (C=O) groups is 2. The number of methoxy groups -OCH3 is 1. The fraction of sp³-hybridized carbons (Fsp3) is 0.514. The molecule has 2 amide bonds. The van der Waals surface area contributed by atoms with E-state index in [1.54, 1.807) is 32.4 Å². The molecule has 2 aliphatic rings. The van der Waals surface area contributed by atoms with Crippen LogP contribution in [-0.2, 0) is 4.79 Å². The summed E-state index contributed by atoms with van der Waals surface area (Å²) >= 11 is 6.42. The van der Waals surface area contributed by atoms with Gasteiger partial charge in [0.25, 0.3) is 5.91 Å². The van der Waals surface area contributed by atoms with Crippen LogP contribution < -0.4 is 30.9 Å². The number of amides is 2. The summed E-state index contributed by atoms with van der Waals surface area (Å²) in [6.45, 7) is 5.88. The molecule has 49 heavy (non-hydrogen) atoms. The molecule has 1 saturated carbocycles. The van der Waals surface area contributed by atoms with Gasteiger partial charge in [-0.15, -0.1) is 0 Å². The largest absolute Gasteiger partial charge is 0.494 e. The number of anilines is 5. The van der Waals surface area contributed by atoms with Crippen molar-refractivity contribution in [2.75, 3.05) is 69.0 Å². The van der Waals surface area contributed by atoms with E-state index >= 15 is 0 Å². The van der Waals surface area contributed by atoms with Crippen molar-refractivity contribution in [2.24, 2.45) is 5.92 Å². The Labute approximate surface area is 295 Å². The molecule has 0 radical (unpaired) electrons. The summed E-state index contributed by atoms with van der Waals surface area (Å²) in [7, 11) is 3.24. The SMILES string of the molecule is CNC(=O)c1ccccc1Nc1nc(Nc2ccc(N3CCN(CCCCCCNC(=O)CC4CCCCC4)CC3)cc2OC)ncc1Cl. The standard InChI is InChI=1S/C37H51ClN8O3/c1-39-36(48)29-14-8-9-15-31(29)42-35-30(38)26-41-37(44-35)43-32-17-16-28(25-33(32)49-2)46-22-20-45(21-23-46)19-11-4-3-10-18-40-34(47)24-27-12-6-5-7-13-27/h8-9,14-17,25-27H,3-7,10-13,18-24H2,1-2H3,(H,39,48)(H,40,47)(H2,41,42,43,44). The molecule has 264 valence electrons. The van der Waals surface area contributed by atoms with Crippen molar-refractivity contribution in [2.45, 2.75) is 64.2 Å². The Morgan fingerprint density at radius 2 is 1.71 bits per heavy atom. The molecule has 2 aromatic carbocycles. The van der Waals surface area contributed by atoms with E-state index in [1.807, 2.05) is 18.2 Å². The molecule has 1 aliphatic heterocycles. The van der Waals surface area contributed by atoms with Crippen LogP contribution in [0.2, 0.25) is 5.02 Å². The summed E-state index contributed by atoms with van der Waals surface area (Å²) < 4.78 is 5.75. The average Bonchev–Trinajstić information content (AvgIpc) is 3.13. The van der Waals surface area contributed by atoms with E-state index in [1.165, 1.54) is 51.1 Å². The summed E-state index contributed by atoms with van der Waals surface area (Å²) in [6, 6.07) is 13.3. The third-order valence-electron chi connectivity index (χ3n) is 9.49. The third kappa shape index (κ3) is 10.7. The number of benzene rings is 2. The Kier molecular flexibility index (Phi) is 13.7. The predicted molar refractivity (Wildman–Crippen MR) is 198 cm³/mol. The molecular formula is C37H51ClN8O3. The zero-order valence-electron chi connectivity index (χ0n) is 28.9. The van der Waals surface area contributed by atoms with Crippen LogP contribution in [0.1, 0.15) is 74.6 Å². The summed E-state index contributed by atoms with van der Waals surface area (Å²) in [5.41, 5.74) is 2.90. The van der Waals surface area contributed by atoms with E-state index < -0.39 is 0 Å². The quantitative estimate of drug-likeness (QED) is 0.121. The summed E-state index contributed by atoms with van der Waals surface area (Å²) in [4.78, 5) is 38.4. The van der Waals surface area contributed by atoms with Gasteiger partial charge in [0.05, 0.1) is 30.2 Å². The van der Waals surface area contributed by atoms with Crippen LogP contribution in [0.5, 0.6) is 5.75 Å². The van der Waals surface area contributed by atoms with E-state index in [-0.39, 0.29) is 11.8 Å². The van der Waals surface area contributed by atoms with Crippen molar-refractivity contribution < 1.29 is 14.3 Å². The highest BCUT2D eigenvalue weighted by Crippen LogP contribution is 2.33. The van der Waals surface area contributed by atoms with Crippen LogP contribution >= 0.6 is 11.6 Å². The molecule has 2 heterocycles. The Hall–Kier alpha value is -4.09. The van der Waals surface area contributed by atoms with Gasteiger partial charge in [-0.3, -0.25) is 14.5 Å². The number of piperazine rings is 1. The van der Waals surface area contributed by atoms with E-state index in [2.05, 4.69) is 47.1 Å². The highest BCUT2D eigenvalue weighted by atomic mass is 35.5. The number of para-hydroxylation sites is 1. The number of nitrogens with one attached hydrogen (secondary N) is 4. The maximum Gasteiger partial charge on any atom is 0.253 e. The van der Waals surface area contributed by atoms with Gasteiger partial charge in [0.2, 0.25) is 11.9 Å². The number of hydrogen-bond acceptors (Lipinski definition) is 9. The lowest BCUT2D eigenvalue weighted by Crippen LogP contribution is -2.46. The molecule has 1 aromatic heterocycles. The van der Waals surface area contributed by atoms with Gasteiger partial charge in [-0.25, -0.2) is 4.98 Å². The lowest BCUT2D eigenvalue weighted by molar-refractivity contribution is -0.122. The molecule has 12 heteroatoms. The molecule has 1 saturated heterocycles. The second-order valence-corrected chi connectivity index (χ2v) is 13.4. The second-order valence-electron chi connectivity index (χ2n) is 13.0. The van der Waals surface area contributed by atoms with Gasteiger partial charge >= 0.3 is 0 Å². The molecule has 3 aromatic rings. The first-order valence-corrected chi connectivity index (χ1v) is 18.1. The zero-order chi connectivity index (χ0) is 34.4. The lowest BCUT2D eigenvalue weighted by atomic mass is 9.87. The van der Waals surface area contributed by atoms with Crippen molar-refractivity contribution in [3.8, 4) is 5.75 Å². The number of ether oxygens (including phenoxy) is 1. The average molecular weight is 691 g/mol. The Bertz CT molecular complexity index is 1530. The summed E-state index contributed by atoms with van der Waals surface area (Å²) in [5.74, 6) is 2.03. The molecule has 11 nitrogen and oxygen atoms in total. The summed E-state index contributed by atoms with van der Waals surface area (Å²) in [6.07, 6.45) is 13.2. The fourth-order valence-corrected chi connectivity index (χ4v) is 6.80. The number of rotatable bonds is 16. The van der Waals surface area contributed by atoms with Crippen LogP contribution in [0.3, 0.4) is 0 Å². The van der Waals surface area contributed by atoms with Gasteiger partial charge in [0, 0.05) is 57.9 Å². The Morgan fingerprint density at radius 1 is 0.939 bits per heavy atom. The molecule has 0 spiro atoms. The van der Waals surface area contributed by atoms with Crippen molar-refractivity contribution in [1.82, 2.24) is 25.5 Å². The van der Waals surface area contributed by atoms with Gasteiger partial charge in [-0.05, 0) is 62.4 Å². The highest BCUT2D eigenvalue weighted by molar-refractivity contribution is 6.33. The van der Waals surface area contributed by atoms with Crippen LogP contribution in [0.15, 0.2) is 48.7 Å². The topological polar surface area (TPSA) is 124 Å². The summed E-state index contributed by atoms with van der Waals surface area (Å²) in [5, 5.41) is 12.5. The maximum atomic E-state index is 12.3. The van der Waals surface area contributed by atoms with Gasteiger partial charge in [0.1, 0.15) is 10.8 Å². The van der Waals surface area contributed by atoms with Crippen molar-refractivity contribution in [3.05, 3.63) is 59.2 Å². The van der Waals surface area contributed by atoms with Gasteiger partial charge in [-0.1, -0.05) is 55.8 Å². The fourth-order valence-electron chi connectivity index (χ4n) is 6.66. The normalized spacial score (nSPS) is 15.4. The third-order valence-corrected chi connectivity index (χ3v) is 9.76.